The Kier molecular flexibility index (Phi) is 13.4. The van der Waals surface area contributed by atoms with Gasteiger partial charge in [0, 0.05) is 23.7 Å². The number of ether oxygens (including phenoxy) is 1. The maximum absolute atomic E-state index is 12.6. The van der Waals surface area contributed by atoms with Gasteiger partial charge in [-0.15, -0.1) is 0 Å². The summed E-state index contributed by atoms with van der Waals surface area (Å²) in [5.74, 6) is -1.00. The van der Waals surface area contributed by atoms with Crippen LogP contribution in [0.15, 0.2) is 84.1 Å². The lowest BCUT2D eigenvalue weighted by molar-refractivity contribution is -0.124. The predicted octanol–water partition coefficient (Wildman–Crippen LogP) is 5.27. The molecule has 0 aromatic rings. The smallest absolute Gasteiger partial charge is 0.418 e. The fourth-order valence-corrected chi connectivity index (χ4v) is 1.98. The molecule has 0 fully saturated rings. The van der Waals surface area contributed by atoms with Gasteiger partial charge in [-0.25, -0.2) is 4.39 Å². The van der Waals surface area contributed by atoms with Gasteiger partial charge in [-0.3, -0.25) is 9.59 Å². The molecule has 0 aliphatic carbocycles. The molecule has 0 saturated carbocycles. The second kappa shape index (κ2) is 14.9. The molecule has 0 aliphatic rings. The van der Waals surface area contributed by atoms with Gasteiger partial charge in [0.1, 0.15) is 0 Å². The minimum Gasteiger partial charge on any atom is -0.491 e. The van der Waals surface area contributed by atoms with Gasteiger partial charge in [-0.1, -0.05) is 43.5 Å². The van der Waals surface area contributed by atoms with E-state index in [1.165, 1.54) is 12.3 Å². The van der Waals surface area contributed by atoms with E-state index in [-0.39, 0.29) is 37.3 Å². The molecule has 2 N–H and O–H groups in total. The molecule has 0 aromatic heterocycles. The van der Waals surface area contributed by atoms with Crippen molar-refractivity contribution in [3.05, 3.63) is 84.1 Å². The monoisotopic (exact) mass is 476 g/mol. The fraction of sp³-hybridized carbons (Fsp3) is 0.273. The lowest BCUT2D eigenvalue weighted by Crippen LogP contribution is -2.28. The number of nitrogens with one attached hydrogen (secondary N) is 2. The standard InChI is InChI=1S/C22H25ClF4N2O3/c1-5-17(11-18(12-24)22(25,26)27)13-28-20(30)8-7-16(4)29-21(31)14-32-10-9-15(3)19(23)6-2/h5-6,9-12H,1-2,4,7-8,13-14H2,3H3,(H,28,30)(H,29,31)/b10-9+,17-11+,18-12-,19-15+. The molecular weight excluding hydrogens is 452 g/mol. The van der Waals surface area contributed by atoms with Crippen molar-refractivity contribution in [2.75, 3.05) is 13.2 Å². The van der Waals surface area contributed by atoms with Crippen LogP contribution in [0.4, 0.5) is 17.6 Å². The van der Waals surface area contributed by atoms with Crippen LogP contribution in [0, 0.1) is 0 Å². The molecule has 0 saturated heterocycles. The number of amides is 2. The minimum atomic E-state index is -4.86. The second-order valence-electron chi connectivity index (χ2n) is 6.26. The van der Waals surface area contributed by atoms with Crippen LogP contribution in [0.1, 0.15) is 19.8 Å². The average Bonchev–Trinajstić information content (AvgIpc) is 2.73. The fourth-order valence-electron chi connectivity index (χ4n) is 1.92. The zero-order valence-corrected chi connectivity index (χ0v) is 18.3. The van der Waals surface area contributed by atoms with Crippen molar-refractivity contribution in [3.63, 3.8) is 0 Å². The molecule has 0 rings (SSSR count). The van der Waals surface area contributed by atoms with Crippen LogP contribution < -0.4 is 10.6 Å². The minimum absolute atomic E-state index is 0.0311. The highest BCUT2D eigenvalue weighted by Crippen LogP contribution is 2.27. The predicted molar refractivity (Wildman–Crippen MR) is 117 cm³/mol. The van der Waals surface area contributed by atoms with Crippen molar-refractivity contribution >= 4 is 23.4 Å². The largest absolute Gasteiger partial charge is 0.491 e. The molecule has 176 valence electrons. The molecule has 0 spiro atoms. The molecule has 0 unspecified atom stereocenters. The Morgan fingerprint density at radius 3 is 2.31 bits per heavy atom. The van der Waals surface area contributed by atoms with Crippen molar-refractivity contribution in [2.24, 2.45) is 0 Å². The van der Waals surface area contributed by atoms with Crippen molar-refractivity contribution in [1.82, 2.24) is 10.6 Å². The molecule has 0 aromatic carbocycles. The second-order valence-corrected chi connectivity index (χ2v) is 6.67. The van der Waals surface area contributed by atoms with E-state index in [2.05, 4.69) is 30.4 Å². The Labute approximate surface area is 189 Å². The molecule has 0 aliphatic heterocycles. The number of hydrogen-bond donors (Lipinski definition) is 2. The summed E-state index contributed by atoms with van der Waals surface area (Å²) in [4.78, 5) is 23.6. The Hall–Kier alpha value is -3.07. The molecule has 5 nitrogen and oxygen atoms in total. The van der Waals surface area contributed by atoms with Gasteiger partial charge in [0.05, 0.1) is 18.2 Å². The molecule has 0 atom stereocenters. The van der Waals surface area contributed by atoms with Gasteiger partial charge < -0.3 is 15.4 Å². The first-order valence-corrected chi connectivity index (χ1v) is 9.54. The SMILES string of the molecule is C=C/C(=C\C(=C\F)C(F)(F)F)CNC(=O)CCC(=C)NC(=O)CO/C=C/C(C)=C(/Cl)C=C. The first-order valence-electron chi connectivity index (χ1n) is 9.16. The van der Waals surface area contributed by atoms with E-state index in [9.17, 15) is 27.2 Å². The Morgan fingerprint density at radius 2 is 1.78 bits per heavy atom. The summed E-state index contributed by atoms with van der Waals surface area (Å²) in [6.45, 7) is 11.6. The van der Waals surface area contributed by atoms with E-state index >= 15 is 0 Å². The number of rotatable bonds is 13. The zero-order valence-electron chi connectivity index (χ0n) is 17.5. The van der Waals surface area contributed by atoms with E-state index in [4.69, 9.17) is 16.3 Å². The van der Waals surface area contributed by atoms with Gasteiger partial charge in [-0.05, 0) is 36.6 Å². The Bertz CT molecular complexity index is 841. The Morgan fingerprint density at radius 1 is 1.12 bits per heavy atom. The average molecular weight is 477 g/mol. The van der Waals surface area contributed by atoms with Crippen molar-refractivity contribution in [2.45, 2.75) is 25.9 Å². The number of alkyl halides is 3. The van der Waals surface area contributed by atoms with E-state index in [0.717, 1.165) is 6.08 Å². The van der Waals surface area contributed by atoms with Crippen LogP contribution in [0.25, 0.3) is 0 Å². The van der Waals surface area contributed by atoms with E-state index in [1.54, 1.807) is 13.0 Å². The van der Waals surface area contributed by atoms with E-state index < -0.39 is 29.9 Å². The van der Waals surface area contributed by atoms with Crippen molar-refractivity contribution < 1.29 is 31.9 Å². The lowest BCUT2D eigenvalue weighted by atomic mass is 10.1. The molecule has 0 heterocycles. The Balaban J connectivity index is 4.42. The quantitative estimate of drug-likeness (QED) is 0.216. The number of carbonyl (C=O) groups is 2. The third-order valence-corrected chi connectivity index (χ3v) is 4.14. The highest BCUT2D eigenvalue weighted by Gasteiger charge is 2.32. The van der Waals surface area contributed by atoms with Gasteiger partial charge in [0.15, 0.2) is 6.61 Å². The number of halogens is 5. The van der Waals surface area contributed by atoms with Gasteiger partial charge >= 0.3 is 6.18 Å². The number of carbonyl (C=O) groups excluding carboxylic acids is 2. The van der Waals surface area contributed by atoms with Crippen LogP contribution in [0.5, 0.6) is 0 Å². The number of hydrogen-bond acceptors (Lipinski definition) is 3. The summed E-state index contributed by atoms with van der Waals surface area (Å²) in [6, 6.07) is 0. The zero-order chi connectivity index (χ0) is 24.7. The van der Waals surface area contributed by atoms with Crippen LogP contribution >= 0.6 is 11.6 Å². The number of allylic oxidation sites excluding steroid dienone is 7. The van der Waals surface area contributed by atoms with Crippen LogP contribution in [0.2, 0.25) is 0 Å². The summed E-state index contributed by atoms with van der Waals surface area (Å²) >= 11 is 5.84. The maximum atomic E-state index is 12.6. The first kappa shape index (κ1) is 28.9. The van der Waals surface area contributed by atoms with Gasteiger partial charge in [0.2, 0.25) is 5.91 Å². The maximum Gasteiger partial charge on any atom is 0.418 e. The highest BCUT2D eigenvalue weighted by atomic mass is 35.5. The van der Waals surface area contributed by atoms with Crippen LogP contribution in [-0.2, 0) is 14.3 Å². The normalized spacial score (nSPS) is 13.3. The third kappa shape index (κ3) is 12.6. The summed E-state index contributed by atoms with van der Waals surface area (Å²) in [6.07, 6.45) is 0.517. The van der Waals surface area contributed by atoms with Crippen molar-refractivity contribution in [3.8, 4) is 0 Å². The molecule has 2 amide bonds. The molecule has 0 radical (unpaired) electrons. The summed E-state index contributed by atoms with van der Waals surface area (Å²) in [5.41, 5.74) is -0.578. The molecular formula is C22H25ClF4N2O3. The van der Waals surface area contributed by atoms with Crippen molar-refractivity contribution in [1.29, 1.82) is 0 Å². The molecule has 10 heteroatoms. The van der Waals surface area contributed by atoms with Crippen LogP contribution in [-0.4, -0.2) is 31.1 Å². The van der Waals surface area contributed by atoms with Crippen LogP contribution in [0.3, 0.4) is 0 Å². The topological polar surface area (TPSA) is 67.4 Å². The van der Waals surface area contributed by atoms with Gasteiger partial charge in [0.25, 0.3) is 5.91 Å². The summed E-state index contributed by atoms with van der Waals surface area (Å²) in [7, 11) is 0. The molecule has 32 heavy (non-hydrogen) atoms. The lowest BCUT2D eigenvalue weighted by Gasteiger charge is -2.10. The summed E-state index contributed by atoms with van der Waals surface area (Å²) in [5, 5.41) is 5.28. The summed E-state index contributed by atoms with van der Waals surface area (Å²) < 4.78 is 55.2. The van der Waals surface area contributed by atoms with Gasteiger partial charge in [-0.2, -0.15) is 13.2 Å². The van der Waals surface area contributed by atoms with E-state index in [1.807, 2.05) is 0 Å². The molecule has 0 bridgehead atoms. The highest BCUT2D eigenvalue weighted by molar-refractivity contribution is 6.31. The van der Waals surface area contributed by atoms with E-state index in [0.29, 0.717) is 16.7 Å². The first-order chi connectivity index (χ1) is 14.9. The third-order valence-electron chi connectivity index (χ3n) is 3.69.